The first-order chi connectivity index (χ1) is 8.86. The standard InChI is InChI=1S/C13H21ClN4O/c1-8(2)7-18(9(3)4)13(19)10-5-11(14)12(17-15)16-6-10/h5-6,8-9H,7,15H2,1-4H3,(H,16,17). The van der Waals surface area contributed by atoms with E-state index in [0.717, 1.165) is 0 Å². The van der Waals surface area contributed by atoms with Gasteiger partial charge < -0.3 is 10.3 Å². The highest BCUT2D eigenvalue weighted by atomic mass is 35.5. The summed E-state index contributed by atoms with van der Waals surface area (Å²) in [5.41, 5.74) is 2.85. The third-order valence-electron chi connectivity index (χ3n) is 2.67. The number of hydrogen-bond acceptors (Lipinski definition) is 4. The van der Waals surface area contributed by atoms with Crippen molar-refractivity contribution in [2.75, 3.05) is 12.0 Å². The van der Waals surface area contributed by atoms with Crippen molar-refractivity contribution in [3.8, 4) is 0 Å². The van der Waals surface area contributed by atoms with E-state index >= 15 is 0 Å². The summed E-state index contributed by atoms with van der Waals surface area (Å²) >= 11 is 5.99. The second-order valence-corrected chi connectivity index (χ2v) is 5.55. The van der Waals surface area contributed by atoms with Crippen molar-refractivity contribution in [3.05, 3.63) is 22.8 Å². The summed E-state index contributed by atoms with van der Waals surface area (Å²) in [6.07, 6.45) is 1.49. The third kappa shape index (κ3) is 4.08. The van der Waals surface area contributed by atoms with Crippen LogP contribution in [0.5, 0.6) is 0 Å². The maximum atomic E-state index is 12.4. The molecule has 3 N–H and O–H groups in total. The molecule has 6 heteroatoms. The number of anilines is 1. The molecule has 5 nitrogen and oxygen atoms in total. The highest BCUT2D eigenvalue weighted by Gasteiger charge is 2.20. The molecule has 0 aliphatic rings. The van der Waals surface area contributed by atoms with E-state index in [-0.39, 0.29) is 11.9 Å². The number of carbonyl (C=O) groups is 1. The average Bonchev–Trinajstić information content (AvgIpc) is 2.34. The van der Waals surface area contributed by atoms with Gasteiger partial charge in [-0.1, -0.05) is 25.4 Å². The maximum absolute atomic E-state index is 12.4. The lowest BCUT2D eigenvalue weighted by atomic mass is 10.1. The van der Waals surface area contributed by atoms with E-state index in [0.29, 0.717) is 28.9 Å². The van der Waals surface area contributed by atoms with E-state index in [1.54, 1.807) is 6.07 Å². The number of halogens is 1. The number of amides is 1. The van der Waals surface area contributed by atoms with Gasteiger partial charge in [0.2, 0.25) is 0 Å². The Labute approximate surface area is 119 Å². The van der Waals surface area contributed by atoms with E-state index in [9.17, 15) is 4.79 Å². The molecule has 0 atom stereocenters. The number of nitrogens with zero attached hydrogens (tertiary/aromatic N) is 2. The average molecular weight is 285 g/mol. The van der Waals surface area contributed by atoms with Crippen molar-refractivity contribution in [1.29, 1.82) is 0 Å². The van der Waals surface area contributed by atoms with Crippen molar-refractivity contribution in [2.24, 2.45) is 11.8 Å². The second-order valence-electron chi connectivity index (χ2n) is 5.14. The molecule has 0 aromatic carbocycles. The summed E-state index contributed by atoms with van der Waals surface area (Å²) in [6, 6.07) is 1.71. The number of rotatable bonds is 5. The van der Waals surface area contributed by atoms with Gasteiger partial charge in [0.15, 0.2) is 5.82 Å². The Morgan fingerprint density at radius 1 is 1.47 bits per heavy atom. The summed E-state index contributed by atoms with van der Waals surface area (Å²) in [5, 5.41) is 0.335. The van der Waals surface area contributed by atoms with Crippen molar-refractivity contribution >= 4 is 23.3 Å². The predicted octanol–water partition coefficient (Wildman–Crippen LogP) is 2.53. The van der Waals surface area contributed by atoms with E-state index in [2.05, 4.69) is 24.3 Å². The Bertz CT molecular complexity index is 448. The molecule has 1 amide bonds. The van der Waals surface area contributed by atoms with Gasteiger partial charge in [-0.15, -0.1) is 0 Å². The molecule has 0 saturated carbocycles. The molecule has 0 spiro atoms. The molecule has 19 heavy (non-hydrogen) atoms. The maximum Gasteiger partial charge on any atom is 0.255 e. The summed E-state index contributed by atoms with van der Waals surface area (Å²) in [4.78, 5) is 18.3. The van der Waals surface area contributed by atoms with Crippen LogP contribution < -0.4 is 11.3 Å². The molecular weight excluding hydrogens is 264 g/mol. The zero-order valence-corrected chi connectivity index (χ0v) is 12.5. The molecule has 0 fully saturated rings. The van der Waals surface area contributed by atoms with Crippen LogP contribution in [0.1, 0.15) is 38.1 Å². The number of hydrogen-bond donors (Lipinski definition) is 2. The van der Waals surface area contributed by atoms with Crippen LogP contribution >= 0.6 is 11.6 Å². The fourth-order valence-electron chi connectivity index (χ4n) is 1.75. The Morgan fingerprint density at radius 3 is 2.53 bits per heavy atom. The number of nitrogen functional groups attached to an aromatic ring is 1. The van der Waals surface area contributed by atoms with Crippen LogP contribution in [0, 0.1) is 5.92 Å². The normalized spacial score (nSPS) is 10.9. The molecule has 0 saturated heterocycles. The van der Waals surface area contributed by atoms with Gasteiger partial charge in [0.05, 0.1) is 10.6 Å². The zero-order valence-electron chi connectivity index (χ0n) is 11.8. The molecule has 106 valence electrons. The minimum absolute atomic E-state index is 0.0679. The molecule has 0 aliphatic carbocycles. The monoisotopic (exact) mass is 284 g/mol. The van der Waals surface area contributed by atoms with Gasteiger partial charge in [-0.2, -0.15) is 0 Å². The van der Waals surface area contributed by atoms with Crippen LogP contribution in [0.2, 0.25) is 5.02 Å². The summed E-state index contributed by atoms with van der Waals surface area (Å²) in [6.45, 7) is 8.84. The van der Waals surface area contributed by atoms with Crippen LogP contribution in [0.25, 0.3) is 0 Å². The Hall–Kier alpha value is -1.33. The molecule has 1 rings (SSSR count). The third-order valence-corrected chi connectivity index (χ3v) is 2.96. The minimum Gasteiger partial charge on any atom is -0.336 e. The van der Waals surface area contributed by atoms with Gasteiger partial charge in [-0.25, -0.2) is 10.8 Å². The molecular formula is C13H21ClN4O. The highest BCUT2D eigenvalue weighted by molar-refractivity contribution is 6.33. The van der Waals surface area contributed by atoms with Crippen LogP contribution in [-0.4, -0.2) is 28.4 Å². The minimum atomic E-state index is -0.0679. The fourth-order valence-corrected chi connectivity index (χ4v) is 1.97. The molecule has 1 heterocycles. The number of pyridine rings is 1. The number of hydrazine groups is 1. The van der Waals surface area contributed by atoms with Crippen molar-refractivity contribution in [1.82, 2.24) is 9.88 Å². The summed E-state index contributed by atoms with van der Waals surface area (Å²) in [7, 11) is 0. The SMILES string of the molecule is CC(C)CN(C(=O)c1cnc(NN)c(Cl)c1)C(C)C. The molecule has 0 radical (unpaired) electrons. The number of nitrogens with one attached hydrogen (secondary N) is 1. The zero-order chi connectivity index (χ0) is 14.6. The van der Waals surface area contributed by atoms with Crippen molar-refractivity contribution in [2.45, 2.75) is 33.7 Å². The van der Waals surface area contributed by atoms with Gasteiger partial charge in [0.25, 0.3) is 5.91 Å². The lowest BCUT2D eigenvalue weighted by Crippen LogP contribution is -2.39. The molecule has 0 aliphatic heterocycles. The topological polar surface area (TPSA) is 71.2 Å². The molecule has 1 aromatic heterocycles. The number of aromatic nitrogens is 1. The van der Waals surface area contributed by atoms with Gasteiger partial charge in [0, 0.05) is 18.8 Å². The van der Waals surface area contributed by atoms with Gasteiger partial charge in [-0.05, 0) is 25.8 Å². The van der Waals surface area contributed by atoms with Crippen LogP contribution in [0.4, 0.5) is 5.82 Å². The van der Waals surface area contributed by atoms with E-state index in [1.807, 2.05) is 18.7 Å². The van der Waals surface area contributed by atoms with E-state index in [1.165, 1.54) is 6.20 Å². The molecule has 0 unspecified atom stereocenters. The smallest absolute Gasteiger partial charge is 0.255 e. The Morgan fingerprint density at radius 2 is 2.11 bits per heavy atom. The quantitative estimate of drug-likeness (QED) is 0.644. The second kappa shape index (κ2) is 6.73. The largest absolute Gasteiger partial charge is 0.336 e. The predicted molar refractivity (Wildman–Crippen MR) is 78.1 cm³/mol. The Kier molecular flexibility index (Phi) is 5.57. The van der Waals surface area contributed by atoms with Gasteiger partial charge in [0.1, 0.15) is 0 Å². The van der Waals surface area contributed by atoms with Crippen LogP contribution in [0.3, 0.4) is 0 Å². The Balaban J connectivity index is 2.99. The molecule has 0 bridgehead atoms. The molecule has 1 aromatic rings. The van der Waals surface area contributed by atoms with E-state index < -0.39 is 0 Å². The first-order valence-electron chi connectivity index (χ1n) is 6.30. The fraction of sp³-hybridized carbons (Fsp3) is 0.538. The van der Waals surface area contributed by atoms with Crippen molar-refractivity contribution in [3.63, 3.8) is 0 Å². The van der Waals surface area contributed by atoms with Crippen LogP contribution in [-0.2, 0) is 0 Å². The van der Waals surface area contributed by atoms with E-state index in [4.69, 9.17) is 17.4 Å². The highest BCUT2D eigenvalue weighted by Crippen LogP contribution is 2.20. The van der Waals surface area contributed by atoms with Gasteiger partial charge >= 0.3 is 0 Å². The summed E-state index contributed by atoms with van der Waals surface area (Å²) in [5.74, 6) is 5.95. The lowest BCUT2D eigenvalue weighted by Gasteiger charge is -2.28. The number of nitrogens with two attached hydrogens (primary N) is 1. The first kappa shape index (κ1) is 15.7. The van der Waals surface area contributed by atoms with Crippen molar-refractivity contribution < 1.29 is 4.79 Å². The van der Waals surface area contributed by atoms with Gasteiger partial charge in [-0.3, -0.25) is 4.79 Å². The number of carbonyl (C=O) groups excluding carboxylic acids is 1. The summed E-state index contributed by atoms with van der Waals surface area (Å²) < 4.78 is 0. The first-order valence-corrected chi connectivity index (χ1v) is 6.67. The lowest BCUT2D eigenvalue weighted by molar-refractivity contribution is 0.0681. The van der Waals surface area contributed by atoms with Crippen LogP contribution in [0.15, 0.2) is 12.3 Å².